The predicted octanol–water partition coefficient (Wildman–Crippen LogP) is 4.03. The van der Waals surface area contributed by atoms with Crippen molar-refractivity contribution >= 4 is 17.3 Å². The first-order valence-corrected chi connectivity index (χ1v) is 5.75. The summed E-state index contributed by atoms with van der Waals surface area (Å²) in [6.07, 6.45) is 2.31. The number of hydrogen-bond acceptors (Lipinski definition) is 1. The normalized spacial score (nSPS) is 10.6. The molecule has 78 valence electrons. The third kappa shape index (κ3) is 3.22. The average Bonchev–Trinajstić information content (AvgIpc) is 2.26. The Kier molecular flexibility index (Phi) is 4.81. The monoisotopic (exact) mass is 211 g/mol. The summed E-state index contributed by atoms with van der Waals surface area (Å²) < 4.78 is 0. The topological polar surface area (TPSA) is 12.0 Å². The smallest absolute Gasteiger partial charge is 0.0474 e. The molecular formula is C12H18ClN. The fraction of sp³-hybridized carbons (Fsp3) is 0.500. The summed E-state index contributed by atoms with van der Waals surface area (Å²) in [5.74, 6) is 0.582. The minimum atomic E-state index is 0.570. The molecule has 0 aliphatic rings. The molecule has 0 radical (unpaired) electrons. The van der Waals surface area contributed by atoms with Crippen LogP contribution in [0.15, 0.2) is 24.3 Å². The number of alkyl halides is 1. The van der Waals surface area contributed by atoms with Gasteiger partial charge in [0.25, 0.3) is 0 Å². The Labute approximate surface area is 91.5 Å². The van der Waals surface area contributed by atoms with Gasteiger partial charge in [0.2, 0.25) is 0 Å². The van der Waals surface area contributed by atoms with Crippen LogP contribution in [0.4, 0.5) is 5.69 Å². The quantitative estimate of drug-likeness (QED) is 0.726. The molecule has 0 fully saturated rings. The van der Waals surface area contributed by atoms with Gasteiger partial charge in [-0.3, -0.25) is 0 Å². The number of halogens is 1. The molecule has 0 atom stereocenters. The SMILES string of the molecule is CCC(CC)Nc1cccc(CCl)c1. The van der Waals surface area contributed by atoms with E-state index in [-0.39, 0.29) is 0 Å². The molecule has 14 heavy (non-hydrogen) atoms. The lowest BCUT2D eigenvalue weighted by molar-refractivity contribution is 0.672. The van der Waals surface area contributed by atoms with Crippen molar-refractivity contribution in [2.75, 3.05) is 5.32 Å². The number of anilines is 1. The fourth-order valence-electron chi connectivity index (χ4n) is 1.47. The van der Waals surface area contributed by atoms with Crippen molar-refractivity contribution in [3.63, 3.8) is 0 Å². The molecule has 1 nitrogen and oxygen atoms in total. The Hall–Kier alpha value is -0.690. The van der Waals surface area contributed by atoms with E-state index in [1.807, 2.05) is 12.1 Å². The van der Waals surface area contributed by atoms with E-state index in [0.717, 1.165) is 12.8 Å². The second-order valence-electron chi connectivity index (χ2n) is 3.49. The molecule has 0 saturated carbocycles. The number of hydrogen-bond donors (Lipinski definition) is 1. The van der Waals surface area contributed by atoms with Crippen molar-refractivity contribution < 1.29 is 0 Å². The van der Waals surface area contributed by atoms with E-state index in [9.17, 15) is 0 Å². The van der Waals surface area contributed by atoms with Crippen LogP contribution in [0, 0.1) is 0 Å². The largest absolute Gasteiger partial charge is 0.382 e. The highest BCUT2D eigenvalue weighted by Gasteiger charge is 2.02. The number of nitrogens with one attached hydrogen (secondary N) is 1. The van der Waals surface area contributed by atoms with Crippen LogP contribution in [0.2, 0.25) is 0 Å². The molecule has 1 aromatic rings. The third-order valence-corrected chi connectivity index (χ3v) is 2.75. The molecule has 0 aromatic heterocycles. The Bertz CT molecular complexity index is 269. The van der Waals surface area contributed by atoms with E-state index in [1.165, 1.54) is 11.3 Å². The van der Waals surface area contributed by atoms with Gasteiger partial charge in [0, 0.05) is 17.6 Å². The van der Waals surface area contributed by atoms with Crippen molar-refractivity contribution in [3.05, 3.63) is 29.8 Å². The first-order chi connectivity index (χ1) is 6.80. The maximum atomic E-state index is 5.78. The van der Waals surface area contributed by atoms with E-state index in [1.54, 1.807) is 0 Å². The maximum Gasteiger partial charge on any atom is 0.0474 e. The standard InChI is InChI=1S/C12H18ClN/c1-3-11(4-2)14-12-7-5-6-10(8-12)9-13/h5-8,11,14H,3-4,9H2,1-2H3. The number of rotatable bonds is 5. The molecule has 0 heterocycles. The van der Waals surface area contributed by atoms with Gasteiger partial charge in [-0.1, -0.05) is 26.0 Å². The first kappa shape index (κ1) is 11.4. The van der Waals surface area contributed by atoms with Gasteiger partial charge in [0.15, 0.2) is 0 Å². The summed E-state index contributed by atoms with van der Waals surface area (Å²) >= 11 is 5.78. The summed E-state index contributed by atoms with van der Waals surface area (Å²) in [6.45, 7) is 4.40. The van der Waals surface area contributed by atoms with Crippen molar-refractivity contribution in [2.24, 2.45) is 0 Å². The molecule has 0 aliphatic carbocycles. The summed E-state index contributed by atoms with van der Waals surface area (Å²) in [4.78, 5) is 0. The van der Waals surface area contributed by atoms with E-state index in [0.29, 0.717) is 11.9 Å². The fourth-order valence-corrected chi connectivity index (χ4v) is 1.64. The lowest BCUT2D eigenvalue weighted by Gasteiger charge is -2.16. The van der Waals surface area contributed by atoms with Gasteiger partial charge in [0.05, 0.1) is 0 Å². The lowest BCUT2D eigenvalue weighted by atomic mass is 10.1. The van der Waals surface area contributed by atoms with Crippen LogP contribution < -0.4 is 5.32 Å². The maximum absolute atomic E-state index is 5.78. The zero-order valence-electron chi connectivity index (χ0n) is 8.89. The molecule has 1 aromatic carbocycles. The zero-order valence-corrected chi connectivity index (χ0v) is 9.64. The van der Waals surface area contributed by atoms with Crippen LogP contribution in [0.25, 0.3) is 0 Å². The molecule has 0 aliphatic heterocycles. The van der Waals surface area contributed by atoms with E-state index >= 15 is 0 Å². The molecule has 0 unspecified atom stereocenters. The van der Waals surface area contributed by atoms with Crippen LogP contribution >= 0.6 is 11.6 Å². The first-order valence-electron chi connectivity index (χ1n) is 5.21. The molecule has 0 amide bonds. The Balaban J connectivity index is 2.65. The van der Waals surface area contributed by atoms with Crippen molar-refractivity contribution in [1.29, 1.82) is 0 Å². The molecule has 1 rings (SSSR count). The Morgan fingerprint density at radius 3 is 2.57 bits per heavy atom. The second-order valence-corrected chi connectivity index (χ2v) is 3.76. The summed E-state index contributed by atoms with van der Waals surface area (Å²) in [5.41, 5.74) is 2.35. The molecule has 1 N–H and O–H groups in total. The molecule has 2 heteroatoms. The van der Waals surface area contributed by atoms with Gasteiger partial charge in [0.1, 0.15) is 0 Å². The third-order valence-electron chi connectivity index (χ3n) is 2.44. The average molecular weight is 212 g/mol. The predicted molar refractivity (Wildman–Crippen MR) is 64.0 cm³/mol. The minimum absolute atomic E-state index is 0.570. The number of benzene rings is 1. The highest BCUT2D eigenvalue weighted by molar-refractivity contribution is 6.17. The van der Waals surface area contributed by atoms with Crippen LogP contribution in [0.3, 0.4) is 0 Å². The minimum Gasteiger partial charge on any atom is -0.382 e. The summed E-state index contributed by atoms with van der Waals surface area (Å²) in [7, 11) is 0. The van der Waals surface area contributed by atoms with Crippen LogP contribution in [0.1, 0.15) is 32.3 Å². The van der Waals surface area contributed by atoms with Gasteiger partial charge in [-0.05, 0) is 30.5 Å². The molecule has 0 bridgehead atoms. The van der Waals surface area contributed by atoms with E-state index in [4.69, 9.17) is 11.6 Å². The summed E-state index contributed by atoms with van der Waals surface area (Å²) in [5, 5.41) is 3.49. The van der Waals surface area contributed by atoms with Gasteiger partial charge in [-0.2, -0.15) is 0 Å². The summed E-state index contributed by atoms with van der Waals surface area (Å²) in [6, 6.07) is 8.87. The second kappa shape index (κ2) is 5.92. The van der Waals surface area contributed by atoms with Crippen molar-refractivity contribution in [1.82, 2.24) is 0 Å². The van der Waals surface area contributed by atoms with E-state index < -0.39 is 0 Å². The van der Waals surface area contributed by atoms with Gasteiger partial charge in [-0.15, -0.1) is 11.6 Å². The van der Waals surface area contributed by atoms with Gasteiger partial charge in [-0.25, -0.2) is 0 Å². The Morgan fingerprint density at radius 1 is 1.29 bits per heavy atom. The highest BCUT2D eigenvalue weighted by atomic mass is 35.5. The lowest BCUT2D eigenvalue weighted by Crippen LogP contribution is -2.16. The van der Waals surface area contributed by atoms with Gasteiger partial charge < -0.3 is 5.32 Å². The van der Waals surface area contributed by atoms with Crippen LogP contribution in [-0.4, -0.2) is 6.04 Å². The zero-order chi connectivity index (χ0) is 10.4. The highest BCUT2D eigenvalue weighted by Crippen LogP contribution is 2.15. The van der Waals surface area contributed by atoms with Crippen molar-refractivity contribution in [3.8, 4) is 0 Å². The molecular weight excluding hydrogens is 194 g/mol. The van der Waals surface area contributed by atoms with Crippen LogP contribution in [0.5, 0.6) is 0 Å². The van der Waals surface area contributed by atoms with E-state index in [2.05, 4.69) is 31.3 Å². The van der Waals surface area contributed by atoms with Gasteiger partial charge >= 0.3 is 0 Å². The van der Waals surface area contributed by atoms with Crippen molar-refractivity contribution in [2.45, 2.75) is 38.6 Å². The molecule has 0 saturated heterocycles. The van der Waals surface area contributed by atoms with Crippen LogP contribution in [-0.2, 0) is 5.88 Å². The molecule has 0 spiro atoms. The Morgan fingerprint density at radius 2 is 2.00 bits per heavy atom.